The molecule has 7 nitrogen and oxygen atoms in total. The van der Waals surface area contributed by atoms with Gasteiger partial charge in [0.05, 0.1) is 12.0 Å². The van der Waals surface area contributed by atoms with Gasteiger partial charge < -0.3 is 21.1 Å². The van der Waals surface area contributed by atoms with Crippen molar-refractivity contribution in [1.29, 1.82) is 0 Å². The molecule has 0 atom stereocenters. The number of carboxylic acid groups (broad SMARTS) is 1. The number of benzene rings is 2. The smallest absolute Gasteiger partial charge is 0.335 e. The Bertz CT molecular complexity index is 799. The molecule has 2 rings (SSSR count). The average molecular weight is 369 g/mol. The van der Waals surface area contributed by atoms with Crippen LogP contribution >= 0.6 is 0 Å². The Kier molecular flexibility index (Phi) is 6.93. The zero-order valence-corrected chi connectivity index (χ0v) is 15.3. The van der Waals surface area contributed by atoms with Gasteiger partial charge in [0, 0.05) is 18.3 Å². The van der Waals surface area contributed by atoms with Crippen molar-refractivity contribution >= 4 is 23.6 Å². The summed E-state index contributed by atoms with van der Waals surface area (Å²) in [7, 11) is 0. The molecule has 2 aromatic rings. The van der Waals surface area contributed by atoms with Crippen molar-refractivity contribution in [3.05, 3.63) is 65.2 Å². The lowest BCUT2D eigenvalue weighted by atomic mass is 10.1. The quantitative estimate of drug-likeness (QED) is 0.602. The standard InChI is InChI=1S/C20H23N3O4/c1-13(2)22-20(27)23-17-9-5-15(6-10-17)12-21-18(24)11-14-3-7-16(8-4-14)19(25)26/h3-10,13H,11-12H2,1-2H3,(H,21,24)(H,25,26)(H2,22,23,27). The number of carbonyl (C=O) groups excluding carboxylic acids is 2. The molecule has 142 valence electrons. The van der Waals surface area contributed by atoms with Gasteiger partial charge in [-0.25, -0.2) is 9.59 Å². The third kappa shape index (κ3) is 6.81. The van der Waals surface area contributed by atoms with Gasteiger partial charge in [-0.1, -0.05) is 24.3 Å². The highest BCUT2D eigenvalue weighted by Crippen LogP contribution is 2.10. The number of anilines is 1. The van der Waals surface area contributed by atoms with E-state index < -0.39 is 5.97 Å². The fourth-order valence-electron chi connectivity index (χ4n) is 2.35. The zero-order valence-electron chi connectivity index (χ0n) is 15.3. The number of rotatable bonds is 7. The number of nitrogens with one attached hydrogen (secondary N) is 3. The molecule has 0 saturated carbocycles. The summed E-state index contributed by atoms with van der Waals surface area (Å²) in [5.41, 5.74) is 2.50. The topological polar surface area (TPSA) is 108 Å². The van der Waals surface area contributed by atoms with Gasteiger partial charge in [-0.15, -0.1) is 0 Å². The largest absolute Gasteiger partial charge is 0.478 e. The van der Waals surface area contributed by atoms with Crippen LogP contribution in [-0.4, -0.2) is 29.1 Å². The molecule has 0 aliphatic carbocycles. The molecule has 4 N–H and O–H groups in total. The summed E-state index contributed by atoms with van der Waals surface area (Å²) in [5, 5.41) is 17.2. The minimum atomic E-state index is -0.995. The van der Waals surface area contributed by atoms with Gasteiger partial charge in [0.2, 0.25) is 5.91 Å². The maximum absolute atomic E-state index is 12.0. The van der Waals surface area contributed by atoms with Crippen LogP contribution in [0.15, 0.2) is 48.5 Å². The van der Waals surface area contributed by atoms with Crippen molar-refractivity contribution < 1.29 is 19.5 Å². The lowest BCUT2D eigenvalue weighted by Gasteiger charge is -2.11. The van der Waals surface area contributed by atoms with E-state index in [1.54, 1.807) is 24.3 Å². The van der Waals surface area contributed by atoms with Crippen molar-refractivity contribution in [2.45, 2.75) is 32.9 Å². The second-order valence-corrected chi connectivity index (χ2v) is 6.41. The normalized spacial score (nSPS) is 10.3. The van der Waals surface area contributed by atoms with Gasteiger partial charge >= 0.3 is 12.0 Å². The number of amides is 3. The minimum absolute atomic E-state index is 0.0554. The summed E-state index contributed by atoms with van der Waals surface area (Å²) in [6.07, 6.45) is 0.176. The Labute approximate surface area is 157 Å². The van der Waals surface area contributed by atoms with E-state index in [0.29, 0.717) is 12.2 Å². The fraction of sp³-hybridized carbons (Fsp3) is 0.250. The Morgan fingerprint density at radius 1 is 0.926 bits per heavy atom. The van der Waals surface area contributed by atoms with Crippen LogP contribution < -0.4 is 16.0 Å². The van der Waals surface area contributed by atoms with Crippen molar-refractivity contribution in [3.8, 4) is 0 Å². The van der Waals surface area contributed by atoms with E-state index in [1.807, 2.05) is 26.0 Å². The number of aromatic carboxylic acids is 1. The molecule has 3 amide bonds. The maximum atomic E-state index is 12.0. The van der Waals surface area contributed by atoms with E-state index in [9.17, 15) is 14.4 Å². The minimum Gasteiger partial charge on any atom is -0.478 e. The third-order valence-electron chi connectivity index (χ3n) is 3.69. The van der Waals surface area contributed by atoms with Crippen LogP contribution in [0.2, 0.25) is 0 Å². The lowest BCUT2D eigenvalue weighted by Crippen LogP contribution is -2.34. The van der Waals surface area contributed by atoms with Crippen molar-refractivity contribution in [3.63, 3.8) is 0 Å². The molecule has 0 radical (unpaired) electrons. The Morgan fingerprint density at radius 3 is 2.07 bits per heavy atom. The van der Waals surface area contributed by atoms with E-state index in [4.69, 9.17) is 5.11 Å². The van der Waals surface area contributed by atoms with Crippen molar-refractivity contribution in [2.75, 3.05) is 5.32 Å². The van der Waals surface area contributed by atoms with Crippen LogP contribution in [0.1, 0.15) is 35.3 Å². The number of hydrogen-bond acceptors (Lipinski definition) is 3. The molecule has 0 spiro atoms. The predicted molar refractivity (Wildman–Crippen MR) is 103 cm³/mol. The molecule has 2 aromatic carbocycles. The van der Waals surface area contributed by atoms with Gasteiger partial charge in [0.25, 0.3) is 0 Å². The Morgan fingerprint density at radius 2 is 1.52 bits per heavy atom. The summed E-state index contributed by atoms with van der Waals surface area (Å²) in [6.45, 7) is 4.13. The number of urea groups is 1. The first-order valence-electron chi connectivity index (χ1n) is 8.59. The average Bonchev–Trinajstić information content (AvgIpc) is 2.61. The highest BCUT2D eigenvalue weighted by atomic mass is 16.4. The van der Waals surface area contributed by atoms with E-state index in [-0.39, 0.29) is 30.0 Å². The van der Waals surface area contributed by atoms with Gasteiger partial charge in [-0.3, -0.25) is 4.79 Å². The van der Waals surface area contributed by atoms with Crippen LogP contribution in [0.25, 0.3) is 0 Å². The number of carboxylic acids is 1. The monoisotopic (exact) mass is 369 g/mol. The molecule has 0 aliphatic rings. The first kappa shape index (κ1) is 20.0. The van der Waals surface area contributed by atoms with Crippen LogP contribution in [-0.2, 0) is 17.8 Å². The summed E-state index contributed by atoms with van der Waals surface area (Å²) >= 11 is 0. The molecule has 0 heterocycles. The molecule has 27 heavy (non-hydrogen) atoms. The van der Waals surface area contributed by atoms with Crippen LogP contribution in [0.4, 0.5) is 10.5 Å². The van der Waals surface area contributed by atoms with E-state index in [0.717, 1.165) is 11.1 Å². The molecule has 0 aromatic heterocycles. The maximum Gasteiger partial charge on any atom is 0.335 e. The summed E-state index contributed by atoms with van der Waals surface area (Å²) in [6, 6.07) is 13.2. The van der Waals surface area contributed by atoms with Crippen molar-refractivity contribution in [2.24, 2.45) is 0 Å². The second-order valence-electron chi connectivity index (χ2n) is 6.41. The van der Waals surface area contributed by atoms with Gasteiger partial charge in [-0.2, -0.15) is 0 Å². The SMILES string of the molecule is CC(C)NC(=O)Nc1ccc(CNC(=O)Cc2ccc(C(=O)O)cc2)cc1. The van der Waals surface area contributed by atoms with Crippen molar-refractivity contribution in [1.82, 2.24) is 10.6 Å². The molecular weight excluding hydrogens is 346 g/mol. The molecular formula is C20H23N3O4. The highest BCUT2D eigenvalue weighted by Gasteiger charge is 2.07. The van der Waals surface area contributed by atoms with Gasteiger partial charge in [0.1, 0.15) is 0 Å². The molecule has 0 bridgehead atoms. The predicted octanol–water partition coefficient (Wildman–Crippen LogP) is 2.77. The fourth-order valence-corrected chi connectivity index (χ4v) is 2.35. The van der Waals surface area contributed by atoms with Gasteiger partial charge in [0.15, 0.2) is 0 Å². The summed E-state index contributed by atoms with van der Waals surface area (Å²) < 4.78 is 0. The highest BCUT2D eigenvalue weighted by molar-refractivity contribution is 5.89. The van der Waals surface area contributed by atoms with Crippen LogP contribution in [0.3, 0.4) is 0 Å². The second kappa shape index (κ2) is 9.38. The summed E-state index contributed by atoms with van der Waals surface area (Å²) in [5.74, 6) is -1.15. The third-order valence-corrected chi connectivity index (χ3v) is 3.69. The molecule has 0 aliphatic heterocycles. The van der Waals surface area contributed by atoms with Crippen LogP contribution in [0, 0.1) is 0 Å². The van der Waals surface area contributed by atoms with E-state index >= 15 is 0 Å². The first-order valence-corrected chi connectivity index (χ1v) is 8.59. The van der Waals surface area contributed by atoms with E-state index in [1.165, 1.54) is 12.1 Å². The molecule has 7 heteroatoms. The lowest BCUT2D eigenvalue weighted by molar-refractivity contribution is -0.120. The molecule has 0 unspecified atom stereocenters. The molecule has 0 fully saturated rings. The first-order chi connectivity index (χ1) is 12.8. The number of carbonyl (C=O) groups is 3. The molecule has 0 saturated heterocycles. The Hall–Kier alpha value is -3.35. The summed E-state index contributed by atoms with van der Waals surface area (Å²) in [4.78, 5) is 34.5. The van der Waals surface area contributed by atoms with E-state index in [2.05, 4.69) is 16.0 Å². The zero-order chi connectivity index (χ0) is 19.8. The van der Waals surface area contributed by atoms with Gasteiger partial charge in [-0.05, 0) is 49.2 Å². The Balaban J connectivity index is 1.81. The van der Waals surface area contributed by atoms with Crippen LogP contribution in [0.5, 0.6) is 0 Å². The number of hydrogen-bond donors (Lipinski definition) is 4.